The van der Waals surface area contributed by atoms with E-state index in [1.807, 2.05) is 51.1 Å². The van der Waals surface area contributed by atoms with E-state index in [0.717, 1.165) is 28.6 Å². The minimum Gasteiger partial charge on any atom is -0.368 e. The molecule has 0 aliphatic carbocycles. The quantitative estimate of drug-likeness (QED) is 0.702. The van der Waals surface area contributed by atoms with E-state index in [0.29, 0.717) is 36.9 Å². The summed E-state index contributed by atoms with van der Waals surface area (Å²) in [4.78, 5) is 16.9. The van der Waals surface area contributed by atoms with Gasteiger partial charge in [0, 0.05) is 36.9 Å². The van der Waals surface area contributed by atoms with Crippen LogP contribution >= 0.6 is 11.6 Å². The van der Waals surface area contributed by atoms with Gasteiger partial charge in [-0.25, -0.2) is 8.42 Å². The van der Waals surface area contributed by atoms with Crippen LogP contribution in [0.2, 0.25) is 5.02 Å². The fraction of sp³-hybridized carbons (Fsp3) is 0.409. The van der Waals surface area contributed by atoms with E-state index in [9.17, 15) is 13.2 Å². The number of anilines is 2. The zero-order valence-corrected chi connectivity index (χ0v) is 19.4. The number of hydrogen-bond acceptors (Lipinski definition) is 4. The smallest absolute Gasteiger partial charge is 0.243 e. The van der Waals surface area contributed by atoms with Gasteiger partial charge in [-0.2, -0.15) is 0 Å². The van der Waals surface area contributed by atoms with Crippen molar-refractivity contribution < 1.29 is 13.2 Å². The Bertz CT molecular complexity index is 1050. The zero-order valence-electron chi connectivity index (χ0n) is 17.9. The van der Waals surface area contributed by atoms with Gasteiger partial charge in [-0.05, 0) is 50.1 Å². The summed E-state index contributed by atoms with van der Waals surface area (Å²) in [6.45, 7) is 8.08. The molecule has 0 radical (unpaired) electrons. The van der Waals surface area contributed by atoms with Crippen LogP contribution in [0.1, 0.15) is 16.7 Å². The van der Waals surface area contributed by atoms with Crippen molar-refractivity contribution in [2.45, 2.75) is 20.8 Å². The standard InChI is InChI=1S/C22H28ClN3O3S/c1-16-5-8-20(18(3)13-16)26(30(4,28)29)15-22(27)25-11-9-24(10-12-25)21-14-19(23)7-6-17(21)2/h5-8,13-14H,9-12,15H2,1-4H3. The highest BCUT2D eigenvalue weighted by molar-refractivity contribution is 7.92. The number of carbonyl (C=O) groups is 1. The molecule has 6 nitrogen and oxygen atoms in total. The molecule has 1 amide bonds. The normalized spacial score (nSPS) is 14.7. The summed E-state index contributed by atoms with van der Waals surface area (Å²) in [6.07, 6.45) is 1.14. The molecule has 0 aromatic heterocycles. The van der Waals surface area contributed by atoms with E-state index in [-0.39, 0.29) is 12.5 Å². The highest BCUT2D eigenvalue weighted by Crippen LogP contribution is 2.26. The number of piperazine rings is 1. The van der Waals surface area contributed by atoms with E-state index >= 15 is 0 Å². The van der Waals surface area contributed by atoms with Crippen LogP contribution in [-0.4, -0.2) is 58.2 Å². The summed E-state index contributed by atoms with van der Waals surface area (Å²) in [7, 11) is -3.59. The van der Waals surface area contributed by atoms with Gasteiger partial charge < -0.3 is 9.80 Å². The van der Waals surface area contributed by atoms with Gasteiger partial charge in [0.05, 0.1) is 11.9 Å². The van der Waals surface area contributed by atoms with E-state index in [1.165, 1.54) is 4.31 Å². The van der Waals surface area contributed by atoms with Crippen molar-refractivity contribution in [2.24, 2.45) is 0 Å². The molecule has 1 heterocycles. The maximum Gasteiger partial charge on any atom is 0.243 e. The second-order valence-electron chi connectivity index (χ2n) is 7.86. The summed E-state index contributed by atoms with van der Waals surface area (Å²) in [5, 5.41) is 0.686. The van der Waals surface area contributed by atoms with Gasteiger partial charge in [0.25, 0.3) is 0 Å². The first-order chi connectivity index (χ1) is 14.1. The Kier molecular flexibility index (Phi) is 6.62. The molecule has 1 saturated heterocycles. The van der Waals surface area contributed by atoms with Gasteiger partial charge in [-0.3, -0.25) is 9.10 Å². The van der Waals surface area contributed by atoms with E-state index in [4.69, 9.17) is 11.6 Å². The number of halogens is 1. The predicted octanol–water partition coefficient (Wildman–Crippen LogP) is 3.38. The number of benzene rings is 2. The largest absolute Gasteiger partial charge is 0.368 e. The van der Waals surface area contributed by atoms with Crippen molar-refractivity contribution in [3.63, 3.8) is 0 Å². The van der Waals surface area contributed by atoms with Crippen LogP contribution in [0.15, 0.2) is 36.4 Å². The molecule has 0 spiro atoms. The van der Waals surface area contributed by atoms with Crippen LogP contribution in [0, 0.1) is 20.8 Å². The molecular weight excluding hydrogens is 422 g/mol. The Morgan fingerprint density at radius 1 is 1.00 bits per heavy atom. The third kappa shape index (κ3) is 5.08. The van der Waals surface area contributed by atoms with Crippen molar-refractivity contribution in [3.8, 4) is 0 Å². The highest BCUT2D eigenvalue weighted by Gasteiger charge is 2.27. The minimum absolute atomic E-state index is 0.192. The molecule has 1 fully saturated rings. The van der Waals surface area contributed by atoms with Crippen molar-refractivity contribution in [1.29, 1.82) is 0 Å². The Morgan fingerprint density at radius 3 is 2.27 bits per heavy atom. The molecule has 30 heavy (non-hydrogen) atoms. The third-order valence-electron chi connectivity index (χ3n) is 5.44. The molecule has 0 atom stereocenters. The Balaban J connectivity index is 1.71. The molecule has 162 valence electrons. The molecule has 0 unspecified atom stereocenters. The molecule has 3 rings (SSSR count). The fourth-order valence-corrected chi connectivity index (χ4v) is 4.88. The van der Waals surface area contributed by atoms with Gasteiger partial charge in [-0.1, -0.05) is 35.4 Å². The molecule has 2 aromatic carbocycles. The van der Waals surface area contributed by atoms with Gasteiger partial charge >= 0.3 is 0 Å². The summed E-state index contributed by atoms with van der Waals surface area (Å²) in [5.41, 5.74) is 4.63. The van der Waals surface area contributed by atoms with E-state index in [2.05, 4.69) is 4.90 Å². The molecule has 2 aromatic rings. The van der Waals surface area contributed by atoms with Crippen LogP contribution in [0.4, 0.5) is 11.4 Å². The number of aryl methyl sites for hydroxylation is 3. The van der Waals surface area contributed by atoms with Crippen LogP contribution in [-0.2, 0) is 14.8 Å². The first-order valence-electron chi connectivity index (χ1n) is 9.90. The van der Waals surface area contributed by atoms with Gasteiger partial charge in [-0.15, -0.1) is 0 Å². The Morgan fingerprint density at radius 2 is 1.67 bits per heavy atom. The number of carbonyl (C=O) groups excluding carboxylic acids is 1. The number of rotatable bonds is 5. The van der Waals surface area contributed by atoms with Crippen molar-refractivity contribution in [3.05, 3.63) is 58.1 Å². The third-order valence-corrected chi connectivity index (χ3v) is 6.81. The topological polar surface area (TPSA) is 60.9 Å². The molecule has 1 aliphatic heterocycles. The summed E-state index contributed by atoms with van der Waals surface area (Å²) in [6, 6.07) is 11.3. The highest BCUT2D eigenvalue weighted by atomic mass is 35.5. The van der Waals surface area contributed by atoms with Crippen LogP contribution < -0.4 is 9.21 Å². The number of hydrogen-bond donors (Lipinski definition) is 0. The molecule has 8 heteroatoms. The second-order valence-corrected chi connectivity index (χ2v) is 10.2. The summed E-state index contributed by atoms with van der Waals surface area (Å²) < 4.78 is 26.1. The zero-order chi connectivity index (χ0) is 22.1. The van der Waals surface area contributed by atoms with Crippen LogP contribution in [0.3, 0.4) is 0 Å². The molecular formula is C22H28ClN3O3S. The maximum atomic E-state index is 13.0. The maximum absolute atomic E-state index is 13.0. The first kappa shape index (κ1) is 22.4. The molecule has 0 N–H and O–H groups in total. The lowest BCUT2D eigenvalue weighted by molar-refractivity contribution is -0.129. The Labute approximate surface area is 184 Å². The van der Waals surface area contributed by atoms with E-state index < -0.39 is 10.0 Å². The average molecular weight is 450 g/mol. The number of amides is 1. The lowest BCUT2D eigenvalue weighted by Gasteiger charge is -2.37. The molecule has 1 aliphatic rings. The lowest BCUT2D eigenvalue weighted by Crippen LogP contribution is -2.52. The molecule has 0 saturated carbocycles. The van der Waals surface area contributed by atoms with Crippen molar-refractivity contribution in [2.75, 3.05) is 48.2 Å². The van der Waals surface area contributed by atoms with Crippen molar-refractivity contribution >= 4 is 38.9 Å². The minimum atomic E-state index is -3.59. The van der Waals surface area contributed by atoms with Crippen molar-refractivity contribution in [1.82, 2.24) is 4.90 Å². The predicted molar refractivity (Wildman–Crippen MR) is 123 cm³/mol. The summed E-state index contributed by atoms with van der Waals surface area (Å²) in [5.74, 6) is -0.192. The second kappa shape index (κ2) is 8.86. The monoisotopic (exact) mass is 449 g/mol. The number of sulfonamides is 1. The fourth-order valence-electron chi connectivity index (χ4n) is 3.81. The summed E-state index contributed by atoms with van der Waals surface area (Å²) >= 11 is 6.14. The van der Waals surface area contributed by atoms with Gasteiger partial charge in [0.1, 0.15) is 6.54 Å². The Hall–Kier alpha value is -2.25. The van der Waals surface area contributed by atoms with Crippen LogP contribution in [0.5, 0.6) is 0 Å². The van der Waals surface area contributed by atoms with Crippen LogP contribution in [0.25, 0.3) is 0 Å². The lowest BCUT2D eigenvalue weighted by atomic mass is 10.1. The van der Waals surface area contributed by atoms with Gasteiger partial charge in [0.2, 0.25) is 15.9 Å². The molecule has 0 bridgehead atoms. The average Bonchev–Trinajstić information content (AvgIpc) is 2.68. The number of nitrogens with zero attached hydrogens (tertiary/aromatic N) is 3. The van der Waals surface area contributed by atoms with E-state index in [1.54, 1.807) is 11.0 Å². The first-order valence-corrected chi connectivity index (χ1v) is 12.1. The SMILES string of the molecule is Cc1ccc(N(CC(=O)N2CCN(c3cc(Cl)ccc3C)CC2)S(C)(=O)=O)c(C)c1. The van der Waals surface area contributed by atoms with Gasteiger partial charge in [0.15, 0.2) is 0 Å².